The van der Waals surface area contributed by atoms with E-state index in [2.05, 4.69) is 17.3 Å². The van der Waals surface area contributed by atoms with Gasteiger partial charge in [-0.2, -0.15) is 8.42 Å². The molecule has 1 aromatic rings. The van der Waals surface area contributed by atoms with Crippen LogP contribution < -0.4 is 5.32 Å². The van der Waals surface area contributed by atoms with Crippen LogP contribution in [0.4, 0.5) is 0 Å². The van der Waals surface area contributed by atoms with Gasteiger partial charge in [0.15, 0.2) is 0 Å². The molecule has 3 aliphatic heterocycles. The van der Waals surface area contributed by atoms with Crippen molar-refractivity contribution in [2.24, 2.45) is 0 Å². The number of hydrogen-bond donors (Lipinski definition) is 3. The third-order valence-electron chi connectivity index (χ3n) is 6.02. The number of phenols is 1. The standard InChI is InChI=1S/C19H26N2O5S/c1-21-11-14-6-12-2-4-18(22)16(8-12)17-9-13(7-15(21)10-20-14)3-5-19(17)26-27(23,24)25/h2,4,8-9,14-15,17,19-20,22H,3,5-7,10-11H2,1H3,(H,23,24,25). The average Bonchev–Trinajstić information content (AvgIpc) is 2.58. The number of benzene rings is 1. The Morgan fingerprint density at radius 1 is 1.30 bits per heavy atom. The number of aromatic hydroxyl groups is 1. The highest BCUT2D eigenvalue weighted by molar-refractivity contribution is 7.80. The van der Waals surface area contributed by atoms with Gasteiger partial charge in [0.1, 0.15) is 5.75 Å². The molecule has 4 atom stereocenters. The summed E-state index contributed by atoms with van der Waals surface area (Å²) >= 11 is 0. The summed E-state index contributed by atoms with van der Waals surface area (Å²) in [6, 6.07) is 6.23. The molecular formula is C19H26N2O5S. The van der Waals surface area contributed by atoms with Gasteiger partial charge in [0.05, 0.1) is 6.10 Å². The van der Waals surface area contributed by atoms with Gasteiger partial charge in [-0.15, -0.1) is 0 Å². The van der Waals surface area contributed by atoms with Crippen LogP contribution in [0.25, 0.3) is 0 Å². The first kappa shape index (κ1) is 18.9. The van der Waals surface area contributed by atoms with Crippen molar-refractivity contribution in [1.82, 2.24) is 10.2 Å². The number of fused-ring (bicyclic) bond motifs is 2. The zero-order valence-corrected chi connectivity index (χ0v) is 16.2. The predicted octanol–water partition coefficient (Wildman–Crippen LogP) is 1.60. The molecule has 148 valence electrons. The van der Waals surface area contributed by atoms with Gasteiger partial charge >= 0.3 is 10.4 Å². The summed E-state index contributed by atoms with van der Waals surface area (Å²) in [5, 5.41) is 14.1. The number of nitrogens with one attached hydrogen (secondary N) is 1. The van der Waals surface area contributed by atoms with Crippen molar-refractivity contribution in [3.05, 3.63) is 41.0 Å². The molecule has 1 aromatic carbocycles. The fraction of sp³-hybridized carbons (Fsp3) is 0.579. The van der Waals surface area contributed by atoms with Crippen molar-refractivity contribution in [3.8, 4) is 5.75 Å². The van der Waals surface area contributed by atoms with Crippen LogP contribution in [0, 0.1) is 0 Å². The molecule has 27 heavy (non-hydrogen) atoms. The zero-order chi connectivity index (χ0) is 19.2. The second-order valence-electron chi connectivity index (χ2n) is 7.95. The van der Waals surface area contributed by atoms with Gasteiger partial charge in [0.25, 0.3) is 0 Å². The Bertz CT molecular complexity index is 854. The number of rotatable bonds is 2. The summed E-state index contributed by atoms with van der Waals surface area (Å²) in [5.41, 5.74) is 2.97. The van der Waals surface area contributed by atoms with Crippen molar-refractivity contribution < 1.29 is 22.3 Å². The van der Waals surface area contributed by atoms with E-state index in [1.165, 1.54) is 5.57 Å². The Labute approximate surface area is 160 Å². The number of phenolic OH excluding ortho intramolecular Hbond substituents is 1. The first-order valence-corrected chi connectivity index (χ1v) is 10.8. The molecule has 1 fully saturated rings. The van der Waals surface area contributed by atoms with E-state index in [1.807, 2.05) is 18.2 Å². The topological polar surface area (TPSA) is 99.1 Å². The predicted molar refractivity (Wildman–Crippen MR) is 101 cm³/mol. The third kappa shape index (κ3) is 4.20. The molecule has 0 amide bonds. The van der Waals surface area contributed by atoms with Crippen LogP contribution in [0.2, 0.25) is 0 Å². The molecule has 1 aliphatic carbocycles. The second kappa shape index (κ2) is 7.18. The van der Waals surface area contributed by atoms with Crippen LogP contribution in [-0.4, -0.2) is 61.3 Å². The lowest BCUT2D eigenvalue weighted by Crippen LogP contribution is -2.55. The maximum Gasteiger partial charge on any atom is 0.397 e. The van der Waals surface area contributed by atoms with Gasteiger partial charge in [-0.05, 0) is 44.4 Å². The molecular weight excluding hydrogens is 368 g/mol. The van der Waals surface area contributed by atoms with Gasteiger partial charge < -0.3 is 15.3 Å². The van der Waals surface area contributed by atoms with E-state index in [4.69, 9.17) is 4.18 Å². The lowest BCUT2D eigenvalue weighted by molar-refractivity contribution is 0.143. The summed E-state index contributed by atoms with van der Waals surface area (Å²) in [6.07, 6.45) is 4.22. The first-order valence-electron chi connectivity index (χ1n) is 9.39. The summed E-state index contributed by atoms with van der Waals surface area (Å²) in [6.45, 7) is 1.88. The summed E-state index contributed by atoms with van der Waals surface area (Å²) in [7, 11) is -2.41. The van der Waals surface area contributed by atoms with E-state index < -0.39 is 22.4 Å². The van der Waals surface area contributed by atoms with Crippen molar-refractivity contribution in [1.29, 1.82) is 0 Å². The van der Waals surface area contributed by atoms with E-state index in [0.29, 0.717) is 30.5 Å². The number of nitrogens with zero attached hydrogens (tertiary/aromatic N) is 1. The normalized spacial score (nSPS) is 31.7. The lowest BCUT2D eigenvalue weighted by atomic mass is 9.80. The Morgan fingerprint density at radius 2 is 2.11 bits per heavy atom. The van der Waals surface area contributed by atoms with Crippen molar-refractivity contribution >= 4 is 10.4 Å². The Balaban J connectivity index is 1.78. The Hall–Kier alpha value is -1.45. The quantitative estimate of drug-likeness (QED) is 0.518. The molecule has 4 unspecified atom stereocenters. The molecule has 0 saturated carbocycles. The van der Waals surface area contributed by atoms with E-state index in [-0.39, 0.29) is 5.75 Å². The molecule has 0 radical (unpaired) electrons. The van der Waals surface area contributed by atoms with Crippen LogP contribution >= 0.6 is 0 Å². The largest absolute Gasteiger partial charge is 0.508 e. The molecule has 0 spiro atoms. The van der Waals surface area contributed by atoms with E-state index in [1.54, 1.807) is 6.07 Å². The molecule has 1 saturated heterocycles. The van der Waals surface area contributed by atoms with Gasteiger partial charge in [0, 0.05) is 36.7 Å². The number of hydrogen-bond acceptors (Lipinski definition) is 6. The fourth-order valence-corrected chi connectivity index (χ4v) is 5.17. The lowest BCUT2D eigenvalue weighted by Gasteiger charge is -2.40. The fourth-order valence-electron chi connectivity index (χ4n) is 4.65. The highest BCUT2D eigenvalue weighted by Crippen LogP contribution is 2.40. The summed E-state index contributed by atoms with van der Waals surface area (Å²) < 4.78 is 36.8. The second-order valence-corrected chi connectivity index (χ2v) is 9.00. The highest BCUT2D eigenvalue weighted by Gasteiger charge is 2.34. The monoisotopic (exact) mass is 394 g/mol. The van der Waals surface area contributed by atoms with Crippen molar-refractivity contribution in [3.63, 3.8) is 0 Å². The Morgan fingerprint density at radius 3 is 2.85 bits per heavy atom. The van der Waals surface area contributed by atoms with E-state index in [0.717, 1.165) is 31.5 Å². The van der Waals surface area contributed by atoms with Crippen LogP contribution in [0.15, 0.2) is 29.8 Å². The number of likely N-dealkylation sites (N-methyl/N-ethyl adjacent to an activating group) is 1. The van der Waals surface area contributed by atoms with Crippen LogP contribution in [0.3, 0.4) is 0 Å². The van der Waals surface area contributed by atoms with Gasteiger partial charge in [-0.1, -0.05) is 23.8 Å². The third-order valence-corrected chi connectivity index (χ3v) is 6.51. The number of piperazine rings is 1. The minimum atomic E-state index is -4.56. The van der Waals surface area contributed by atoms with E-state index >= 15 is 0 Å². The van der Waals surface area contributed by atoms with Crippen LogP contribution in [0.5, 0.6) is 5.75 Å². The van der Waals surface area contributed by atoms with Gasteiger partial charge in [-0.3, -0.25) is 4.55 Å². The molecule has 6 bridgehead atoms. The zero-order valence-electron chi connectivity index (χ0n) is 15.3. The highest BCUT2D eigenvalue weighted by atomic mass is 32.3. The summed E-state index contributed by atoms with van der Waals surface area (Å²) in [5.74, 6) is -0.288. The molecule has 4 aliphatic rings. The molecule has 7 nitrogen and oxygen atoms in total. The molecule has 8 heteroatoms. The Kier molecular flexibility index (Phi) is 5.02. The maximum absolute atomic E-state index is 11.3. The maximum atomic E-state index is 11.3. The smallest absolute Gasteiger partial charge is 0.397 e. The molecule has 5 rings (SSSR count). The first-order chi connectivity index (χ1) is 12.8. The minimum absolute atomic E-state index is 0.123. The minimum Gasteiger partial charge on any atom is -0.508 e. The average molecular weight is 394 g/mol. The SMILES string of the molecule is CN1CC2Cc3ccc(O)c(c3)C3C=C(CCC3OS(=O)(=O)O)CC1CN2. The summed E-state index contributed by atoms with van der Waals surface area (Å²) in [4.78, 5) is 2.39. The van der Waals surface area contributed by atoms with Crippen molar-refractivity contribution in [2.45, 2.75) is 49.8 Å². The van der Waals surface area contributed by atoms with Crippen molar-refractivity contribution in [2.75, 3.05) is 20.1 Å². The molecule has 3 N–H and O–H groups in total. The van der Waals surface area contributed by atoms with Crippen LogP contribution in [0.1, 0.15) is 36.3 Å². The van der Waals surface area contributed by atoms with Crippen LogP contribution in [-0.2, 0) is 21.0 Å². The van der Waals surface area contributed by atoms with E-state index in [9.17, 15) is 18.1 Å². The molecule has 3 heterocycles. The van der Waals surface area contributed by atoms with Gasteiger partial charge in [0.2, 0.25) is 0 Å². The van der Waals surface area contributed by atoms with Gasteiger partial charge in [-0.25, -0.2) is 4.18 Å². The molecule has 0 aromatic heterocycles.